The molecule has 2 radical (unpaired) electrons. The van der Waals surface area contributed by atoms with Crippen molar-refractivity contribution >= 4 is 19.7 Å². The molecule has 2 aromatic heterocycles. The number of carbonyl (C=O) groups excluding carboxylic acids is 1. The monoisotopic (exact) mass is 522 g/mol. The van der Waals surface area contributed by atoms with Gasteiger partial charge in [0.15, 0.2) is 0 Å². The molecule has 2 aromatic carbocycles. The lowest BCUT2D eigenvalue weighted by atomic mass is 9.86. The first kappa shape index (κ1) is 27.6. The van der Waals surface area contributed by atoms with Crippen molar-refractivity contribution in [3.05, 3.63) is 102 Å². The Morgan fingerprint density at radius 1 is 0.974 bits per heavy atom. The molecule has 0 bridgehead atoms. The molecule has 1 atom stereocenters. The Hall–Kier alpha value is -4.40. The van der Waals surface area contributed by atoms with E-state index in [0.717, 1.165) is 29.7 Å². The van der Waals surface area contributed by atoms with Crippen LogP contribution in [0.15, 0.2) is 85.3 Å². The van der Waals surface area contributed by atoms with Crippen molar-refractivity contribution in [1.82, 2.24) is 20.1 Å². The number of hydrogen-bond donors (Lipinski definition) is 2. The lowest BCUT2D eigenvalue weighted by Crippen LogP contribution is -2.37. The first-order valence-electron chi connectivity index (χ1n) is 13.0. The van der Waals surface area contributed by atoms with Crippen LogP contribution in [-0.2, 0) is 11.2 Å². The number of aliphatic carboxylic acids is 1. The van der Waals surface area contributed by atoms with Crippen LogP contribution in [0.4, 0.5) is 0 Å². The smallest absolute Gasteiger partial charge is 0.303 e. The molecule has 0 spiro atoms. The van der Waals surface area contributed by atoms with Gasteiger partial charge in [0.05, 0.1) is 12.8 Å². The quantitative estimate of drug-likeness (QED) is 0.177. The number of carboxylic acid groups (broad SMARTS) is 1. The summed E-state index contributed by atoms with van der Waals surface area (Å²) in [7, 11) is 6.76. The van der Waals surface area contributed by atoms with Gasteiger partial charge in [0, 0.05) is 60.1 Å². The summed E-state index contributed by atoms with van der Waals surface area (Å²) in [6, 6.07) is 20.5. The van der Waals surface area contributed by atoms with E-state index in [1.165, 1.54) is 0 Å². The number of nitrogens with one attached hydrogen (secondary N) is 1. The molecular formula is C30H31BN4O4. The van der Waals surface area contributed by atoms with Crippen LogP contribution >= 0.6 is 0 Å². The molecule has 4 rings (SSSR count). The Labute approximate surface area is 229 Å². The molecule has 0 saturated carbocycles. The van der Waals surface area contributed by atoms with Gasteiger partial charge >= 0.3 is 5.97 Å². The number of aromatic amines is 1. The number of benzene rings is 2. The molecule has 0 aliphatic rings. The van der Waals surface area contributed by atoms with Gasteiger partial charge in [-0.15, -0.1) is 0 Å². The van der Waals surface area contributed by atoms with Crippen LogP contribution in [0.1, 0.15) is 53.2 Å². The highest BCUT2D eigenvalue weighted by Crippen LogP contribution is 2.29. The van der Waals surface area contributed by atoms with Gasteiger partial charge in [-0.05, 0) is 55.2 Å². The van der Waals surface area contributed by atoms with Crippen LogP contribution in [0.2, 0.25) is 0 Å². The number of amides is 1. The van der Waals surface area contributed by atoms with E-state index in [0.29, 0.717) is 42.9 Å². The number of hydrogen-bond acceptors (Lipinski definition) is 5. The van der Waals surface area contributed by atoms with Crippen LogP contribution < -0.4 is 4.74 Å². The number of carboxylic acids is 1. The van der Waals surface area contributed by atoms with Crippen molar-refractivity contribution in [1.29, 1.82) is 0 Å². The minimum absolute atomic E-state index is 0.151. The molecule has 1 unspecified atom stereocenters. The van der Waals surface area contributed by atoms with E-state index in [9.17, 15) is 9.59 Å². The zero-order valence-corrected chi connectivity index (χ0v) is 21.7. The molecular weight excluding hydrogens is 491 g/mol. The summed E-state index contributed by atoms with van der Waals surface area (Å²) in [5.74, 6) is -1.13. The Morgan fingerprint density at radius 3 is 2.49 bits per heavy atom. The van der Waals surface area contributed by atoms with E-state index < -0.39 is 11.9 Å². The number of carbonyl (C=O) groups is 2. The molecule has 0 saturated heterocycles. The number of pyridine rings is 1. The fraction of sp³-hybridized carbons (Fsp3) is 0.267. The molecule has 0 aliphatic heterocycles. The standard InChI is InChI=1S/C30H31BN4O4/c31-29(26-9-3-4-10-27(26)39-19-7-1-2-11-28(36)37)35(18-16-25-8-5-6-17-32-25)30(38)23-14-12-22(13-15-23)24-20-33-34-21-24/h3-6,8-10,12-15,17,20-21,29H,1-2,7,11,16,18-19H2,(H,33,34)(H,36,37). The summed E-state index contributed by atoms with van der Waals surface area (Å²) in [6.45, 7) is 0.796. The van der Waals surface area contributed by atoms with Crippen LogP contribution in [0.25, 0.3) is 11.1 Å². The number of ether oxygens (including phenoxy) is 1. The van der Waals surface area contributed by atoms with Crippen molar-refractivity contribution in [2.75, 3.05) is 13.2 Å². The maximum absolute atomic E-state index is 13.8. The highest BCUT2D eigenvalue weighted by molar-refractivity contribution is 6.14. The van der Waals surface area contributed by atoms with E-state index in [1.54, 1.807) is 35.6 Å². The summed E-state index contributed by atoms with van der Waals surface area (Å²) in [5, 5.41) is 15.6. The third-order valence-corrected chi connectivity index (χ3v) is 6.43. The maximum atomic E-state index is 13.8. The Morgan fingerprint density at radius 2 is 1.77 bits per heavy atom. The summed E-state index contributed by atoms with van der Waals surface area (Å²) < 4.78 is 6.03. The second-order valence-corrected chi connectivity index (χ2v) is 9.17. The molecule has 39 heavy (non-hydrogen) atoms. The summed E-state index contributed by atoms with van der Waals surface area (Å²) in [5.41, 5.74) is 3.98. The van der Waals surface area contributed by atoms with Crippen molar-refractivity contribution in [3.8, 4) is 16.9 Å². The second-order valence-electron chi connectivity index (χ2n) is 9.17. The first-order chi connectivity index (χ1) is 19.0. The SMILES string of the molecule is [B]C(c1ccccc1OCCCCCC(=O)O)N(CCc1ccccn1)C(=O)c1ccc(-c2cn[nH]c2)cc1. The van der Waals surface area contributed by atoms with Crippen LogP contribution in [0, 0.1) is 0 Å². The predicted octanol–water partition coefficient (Wildman–Crippen LogP) is 5.05. The van der Waals surface area contributed by atoms with Gasteiger partial charge in [-0.3, -0.25) is 19.7 Å². The number of para-hydroxylation sites is 1. The van der Waals surface area contributed by atoms with Gasteiger partial charge in [0.2, 0.25) is 0 Å². The molecule has 9 heteroatoms. The third-order valence-electron chi connectivity index (χ3n) is 6.43. The van der Waals surface area contributed by atoms with E-state index in [2.05, 4.69) is 15.2 Å². The van der Waals surface area contributed by atoms with E-state index in [1.807, 2.05) is 54.6 Å². The van der Waals surface area contributed by atoms with Gasteiger partial charge in [0.25, 0.3) is 5.91 Å². The first-order valence-corrected chi connectivity index (χ1v) is 13.0. The van der Waals surface area contributed by atoms with E-state index in [-0.39, 0.29) is 12.3 Å². The molecule has 0 aliphatic carbocycles. The van der Waals surface area contributed by atoms with Crippen LogP contribution in [0.3, 0.4) is 0 Å². The van der Waals surface area contributed by atoms with Crippen molar-refractivity contribution in [3.63, 3.8) is 0 Å². The normalized spacial score (nSPS) is 11.6. The van der Waals surface area contributed by atoms with E-state index in [4.69, 9.17) is 17.7 Å². The maximum Gasteiger partial charge on any atom is 0.303 e. The average molecular weight is 522 g/mol. The molecule has 8 nitrogen and oxygen atoms in total. The van der Waals surface area contributed by atoms with Crippen LogP contribution in [-0.4, -0.2) is 58.1 Å². The molecule has 198 valence electrons. The van der Waals surface area contributed by atoms with Gasteiger partial charge in [-0.2, -0.15) is 5.10 Å². The van der Waals surface area contributed by atoms with E-state index >= 15 is 0 Å². The number of nitrogens with zero attached hydrogens (tertiary/aromatic N) is 3. The molecule has 2 heterocycles. The van der Waals surface area contributed by atoms with Gasteiger partial charge in [-0.1, -0.05) is 36.4 Å². The topological polar surface area (TPSA) is 108 Å². The zero-order chi connectivity index (χ0) is 27.5. The average Bonchev–Trinajstić information content (AvgIpc) is 3.51. The molecule has 4 aromatic rings. The Kier molecular flexibility index (Phi) is 9.88. The summed E-state index contributed by atoms with van der Waals surface area (Å²) in [6.07, 6.45) is 8.04. The van der Waals surface area contributed by atoms with Crippen molar-refractivity contribution in [2.24, 2.45) is 0 Å². The lowest BCUT2D eigenvalue weighted by Gasteiger charge is -2.31. The third kappa shape index (κ3) is 7.80. The van der Waals surface area contributed by atoms with Crippen molar-refractivity contribution in [2.45, 2.75) is 38.0 Å². The summed E-state index contributed by atoms with van der Waals surface area (Å²) in [4.78, 5) is 30.6. The summed E-state index contributed by atoms with van der Waals surface area (Å²) >= 11 is 0. The number of rotatable bonds is 14. The molecule has 2 N–H and O–H groups in total. The highest BCUT2D eigenvalue weighted by Gasteiger charge is 2.25. The number of unbranched alkanes of at least 4 members (excludes halogenated alkanes) is 2. The van der Waals surface area contributed by atoms with Gasteiger partial charge < -0.3 is 14.7 Å². The Bertz CT molecular complexity index is 1330. The molecule has 0 fully saturated rings. The number of aromatic nitrogens is 3. The lowest BCUT2D eigenvalue weighted by molar-refractivity contribution is -0.137. The predicted molar refractivity (Wildman–Crippen MR) is 150 cm³/mol. The fourth-order valence-corrected chi connectivity index (χ4v) is 4.29. The number of H-pyrrole nitrogens is 1. The largest absolute Gasteiger partial charge is 0.493 e. The minimum Gasteiger partial charge on any atom is -0.493 e. The second kappa shape index (κ2) is 14.0. The van der Waals surface area contributed by atoms with Crippen molar-refractivity contribution < 1.29 is 19.4 Å². The zero-order valence-electron chi connectivity index (χ0n) is 21.7. The van der Waals surface area contributed by atoms with Crippen LogP contribution in [0.5, 0.6) is 5.75 Å². The fourth-order valence-electron chi connectivity index (χ4n) is 4.29. The van der Waals surface area contributed by atoms with Gasteiger partial charge in [0.1, 0.15) is 13.6 Å². The Balaban J connectivity index is 1.51. The highest BCUT2D eigenvalue weighted by atomic mass is 16.5. The molecule has 1 amide bonds. The van der Waals surface area contributed by atoms with Gasteiger partial charge in [-0.25, -0.2) is 0 Å². The minimum atomic E-state index is -0.793.